The van der Waals surface area contributed by atoms with Gasteiger partial charge in [0, 0.05) is 31.3 Å². The molecule has 3 heteroatoms. The molecule has 0 saturated carbocycles. The third kappa shape index (κ3) is 2.59. The molecule has 0 N–H and O–H groups in total. The van der Waals surface area contributed by atoms with Gasteiger partial charge in [-0.05, 0) is 31.9 Å². The second-order valence-electron chi connectivity index (χ2n) is 6.20. The zero-order chi connectivity index (χ0) is 14.1. The topological polar surface area (TPSA) is 29.5 Å². The lowest BCUT2D eigenvalue weighted by molar-refractivity contribution is -0.154. The molecule has 2 fully saturated rings. The van der Waals surface area contributed by atoms with Crippen LogP contribution in [-0.2, 0) is 16.0 Å². The summed E-state index contributed by atoms with van der Waals surface area (Å²) in [5.74, 6) is 0.280. The van der Waals surface area contributed by atoms with Gasteiger partial charge < -0.3 is 4.74 Å². The van der Waals surface area contributed by atoms with Gasteiger partial charge in [-0.1, -0.05) is 30.3 Å². The summed E-state index contributed by atoms with van der Waals surface area (Å²) in [5.41, 5.74) is 1.34. The minimum atomic E-state index is -0.142. The third-order valence-corrected chi connectivity index (χ3v) is 5.00. The minimum Gasteiger partial charge on any atom is -0.462 e. The van der Waals surface area contributed by atoms with Crippen LogP contribution in [0.5, 0.6) is 0 Å². The molecule has 2 heterocycles. The van der Waals surface area contributed by atoms with Gasteiger partial charge in [-0.15, -0.1) is 0 Å². The molecule has 2 bridgehead atoms. The minimum absolute atomic E-state index is 0.0846. The molecule has 2 aliphatic heterocycles. The van der Waals surface area contributed by atoms with Gasteiger partial charge in [0.05, 0.1) is 0 Å². The highest BCUT2D eigenvalue weighted by molar-refractivity contribution is 5.66. The molecule has 1 aromatic carbocycles. The molecule has 0 amide bonds. The molecule has 4 atom stereocenters. The molecular weight excluding hydrogens is 250 g/mol. The molecule has 3 nitrogen and oxygen atoms in total. The quantitative estimate of drug-likeness (QED) is 0.793. The van der Waals surface area contributed by atoms with Gasteiger partial charge >= 0.3 is 5.97 Å². The van der Waals surface area contributed by atoms with Crippen LogP contribution in [0.4, 0.5) is 0 Å². The standard InChI is InChI=1S/C17H23NO2/c1-12(19)20-17-11-14-8-9-16(18(14)2)15(17)10-13-6-4-3-5-7-13/h3-7,14-17H,8-11H2,1-2H3. The van der Waals surface area contributed by atoms with Crippen molar-refractivity contribution in [2.24, 2.45) is 5.92 Å². The predicted octanol–water partition coefficient (Wildman–Crippen LogP) is 2.64. The number of ether oxygens (including phenoxy) is 1. The monoisotopic (exact) mass is 273 g/mol. The Morgan fingerprint density at radius 1 is 1.30 bits per heavy atom. The fraction of sp³-hybridized carbons (Fsp3) is 0.588. The maximum absolute atomic E-state index is 11.4. The summed E-state index contributed by atoms with van der Waals surface area (Å²) in [6, 6.07) is 11.7. The number of carbonyl (C=O) groups excluding carboxylic acids is 1. The number of nitrogens with zero attached hydrogens (tertiary/aromatic N) is 1. The molecular formula is C17H23NO2. The van der Waals surface area contributed by atoms with Crippen molar-refractivity contribution in [2.75, 3.05) is 7.05 Å². The Morgan fingerprint density at radius 2 is 2.05 bits per heavy atom. The van der Waals surface area contributed by atoms with Crippen LogP contribution in [0.1, 0.15) is 31.7 Å². The first-order valence-electron chi connectivity index (χ1n) is 7.58. The summed E-state index contributed by atoms with van der Waals surface area (Å²) >= 11 is 0. The van der Waals surface area contributed by atoms with Crippen molar-refractivity contribution in [1.29, 1.82) is 0 Å². The number of hydrogen-bond acceptors (Lipinski definition) is 3. The van der Waals surface area contributed by atoms with E-state index in [4.69, 9.17) is 4.74 Å². The highest BCUT2D eigenvalue weighted by atomic mass is 16.5. The van der Waals surface area contributed by atoms with Crippen LogP contribution < -0.4 is 0 Å². The maximum Gasteiger partial charge on any atom is 0.302 e. The third-order valence-electron chi connectivity index (χ3n) is 5.00. The summed E-state index contributed by atoms with van der Waals surface area (Å²) in [7, 11) is 2.23. The lowest BCUT2D eigenvalue weighted by atomic mass is 9.83. The number of hydrogen-bond donors (Lipinski definition) is 0. The Kier molecular flexibility index (Phi) is 3.79. The molecule has 2 saturated heterocycles. The van der Waals surface area contributed by atoms with Crippen LogP contribution in [0.3, 0.4) is 0 Å². The predicted molar refractivity (Wildman–Crippen MR) is 78.4 cm³/mol. The van der Waals surface area contributed by atoms with E-state index in [1.807, 2.05) is 6.07 Å². The summed E-state index contributed by atoms with van der Waals surface area (Å²) < 4.78 is 5.64. The van der Waals surface area contributed by atoms with Gasteiger partial charge in [0.2, 0.25) is 0 Å². The number of rotatable bonds is 3. The summed E-state index contributed by atoms with van der Waals surface area (Å²) in [4.78, 5) is 13.9. The first kappa shape index (κ1) is 13.6. The van der Waals surface area contributed by atoms with Crippen LogP contribution >= 0.6 is 0 Å². The summed E-state index contributed by atoms with van der Waals surface area (Å²) in [5, 5.41) is 0. The fourth-order valence-electron chi connectivity index (χ4n) is 4.03. The van der Waals surface area contributed by atoms with E-state index in [9.17, 15) is 4.79 Å². The van der Waals surface area contributed by atoms with Crippen molar-refractivity contribution in [3.8, 4) is 0 Å². The highest BCUT2D eigenvalue weighted by Crippen LogP contribution is 2.40. The molecule has 0 radical (unpaired) electrons. The van der Waals surface area contributed by atoms with E-state index in [0.717, 1.165) is 12.8 Å². The van der Waals surface area contributed by atoms with Crippen molar-refractivity contribution in [2.45, 2.75) is 50.8 Å². The molecule has 108 valence electrons. The van der Waals surface area contributed by atoms with Gasteiger partial charge in [0.25, 0.3) is 0 Å². The molecule has 1 aromatic rings. The van der Waals surface area contributed by atoms with E-state index in [0.29, 0.717) is 18.0 Å². The Balaban J connectivity index is 1.80. The zero-order valence-electron chi connectivity index (χ0n) is 12.3. The second-order valence-corrected chi connectivity index (χ2v) is 6.20. The van der Waals surface area contributed by atoms with Crippen LogP contribution in [-0.4, -0.2) is 36.1 Å². The molecule has 20 heavy (non-hydrogen) atoms. The van der Waals surface area contributed by atoms with E-state index in [1.54, 1.807) is 0 Å². The first-order chi connectivity index (χ1) is 9.65. The van der Waals surface area contributed by atoms with Crippen molar-refractivity contribution in [3.05, 3.63) is 35.9 Å². The second kappa shape index (κ2) is 5.57. The van der Waals surface area contributed by atoms with Gasteiger partial charge in [-0.25, -0.2) is 0 Å². The van der Waals surface area contributed by atoms with E-state index in [-0.39, 0.29) is 12.1 Å². The van der Waals surface area contributed by atoms with E-state index in [1.165, 1.54) is 25.3 Å². The average molecular weight is 273 g/mol. The summed E-state index contributed by atoms with van der Waals surface area (Å²) in [6.45, 7) is 1.53. The number of esters is 1. The Bertz CT molecular complexity index is 473. The maximum atomic E-state index is 11.4. The molecule has 3 rings (SSSR count). The van der Waals surface area contributed by atoms with E-state index in [2.05, 4.69) is 36.2 Å². The van der Waals surface area contributed by atoms with Crippen LogP contribution in [0.15, 0.2) is 30.3 Å². The lowest BCUT2D eigenvalue weighted by Gasteiger charge is -2.42. The number of piperidine rings is 1. The first-order valence-corrected chi connectivity index (χ1v) is 7.58. The van der Waals surface area contributed by atoms with Crippen LogP contribution in [0.2, 0.25) is 0 Å². The molecule has 0 aliphatic carbocycles. The Labute approximate surface area is 120 Å². The average Bonchev–Trinajstić information content (AvgIpc) is 2.67. The number of fused-ring (bicyclic) bond motifs is 2. The van der Waals surface area contributed by atoms with Crippen molar-refractivity contribution < 1.29 is 9.53 Å². The molecule has 4 unspecified atom stereocenters. The zero-order valence-corrected chi connectivity index (χ0v) is 12.3. The molecule has 0 spiro atoms. The normalized spacial score (nSPS) is 33.1. The van der Waals surface area contributed by atoms with Crippen LogP contribution in [0.25, 0.3) is 0 Å². The Morgan fingerprint density at radius 3 is 2.75 bits per heavy atom. The molecule has 0 aromatic heterocycles. The number of benzene rings is 1. The van der Waals surface area contributed by atoms with Gasteiger partial charge in [-0.3, -0.25) is 9.69 Å². The van der Waals surface area contributed by atoms with Gasteiger partial charge in [-0.2, -0.15) is 0 Å². The van der Waals surface area contributed by atoms with Gasteiger partial charge in [0.1, 0.15) is 6.10 Å². The lowest BCUT2D eigenvalue weighted by Crippen LogP contribution is -2.51. The van der Waals surface area contributed by atoms with E-state index >= 15 is 0 Å². The SMILES string of the molecule is CC(=O)OC1CC2CCC(C1Cc1ccccc1)N2C. The van der Waals surface area contributed by atoms with Crippen molar-refractivity contribution >= 4 is 5.97 Å². The van der Waals surface area contributed by atoms with Gasteiger partial charge in [0.15, 0.2) is 0 Å². The number of carbonyl (C=O) groups is 1. The Hall–Kier alpha value is -1.35. The van der Waals surface area contributed by atoms with E-state index < -0.39 is 0 Å². The molecule has 2 aliphatic rings. The van der Waals surface area contributed by atoms with Crippen molar-refractivity contribution in [1.82, 2.24) is 4.90 Å². The van der Waals surface area contributed by atoms with Crippen LogP contribution in [0, 0.1) is 5.92 Å². The fourth-order valence-corrected chi connectivity index (χ4v) is 4.03. The smallest absolute Gasteiger partial charge is 0.302 e. The van der Waals surface area contributed by atoms with Crippen molar-refractivity contribution in [3.63, 3.8) is 0 Å². The highest BCUT2D eigenvalue weighted by Gasteiger charge is 2.46. The largest absolute Gasteiger partial charge is 0.462 e. The summed E-state index contributed by atoms with van der Waals surface area (Å²) in [6.07, 6.45) is 4.55.